The van der Waals surface area contributed by atoms with E-state index in [1.54, 1.807) is 23.9 Å². The van der Waals surface area contributed by atoms with Gasteiger partial charge in [-0.05, 0) is 55.0 Å². The Kier molecular flexibility index (Phi) is 5.98. The molecule has 0 unspecified atom stereocenters. The molecule has 0 radical (unpaired) electrons. The Bertz CT molecular complexity index is 1640. The molecule has 0 atom stereocenters. The maximum Gasteiger partial charge on any atom is 0.282 e. The molecule has 0 fully saturated rings. The van der Waals surface area contributed by atoms with Crippen LogP contribution in [0.15, 0.2) is 84.1 Å². The van der Waals surface area contributed by atoms with Crippen LogP contribution in [0, 0.1) is 0 Å². The van der Waals surface area contributed by atoms with Crippen molar-refractivity contribution in [3.63, 3.8) is 0 Å². The second-order valence-electron chi connectivity index (χ2n) is 8.95. The quantitative estimate of drug-likeness (QED) is 0.310. The highest BCUT2D eigenvalue weighted by Crippen LogP contribution is 2.37. The number of allylic oxidation sites excluding steroid dienone is 2. The topological polar surface area (TPSA) is 97.2 Å². The second kappa shape index (κ2) is 9.73. The predicted molar refractivity (Wildman–Crippen MR) is 145 cm³/mol. The van der Waals surface area contributed by atoms with Crippen LogP contribution in [0.3, 0.4) is 0 Å². The van der Waals surface area contributed by atoms with Crippen molar-refractivity contribution in [1.82, 2.24) is 24.6 Å². The van der Waals surface area contributed by atoms with Gasteiger partial charge in [0.2, 0.25) is 0 Å². The summed E-state index contributed by atoms with van der Waals surface area (Å²) in [5.41, 5.74) is 5.61. The molecule has 2 N–H and O–H groups in total. The normalized spacial score (nSPS) is 13.4. The zero-order valence-corrected chi connectivity index (χ0v) is 20.4. The summed E-state index contributed by atoms with van der Waals surface area (Å²) in [4.78, 5) is 27.5. The number of methoxy groups -OCH3 is 1. The first-order valence-electron chi connectivity index (χ1n) is 12.3. The van der Waals surface area contributed by atoms with Gasteiger partial charge in [-0.1, -0.05) is 48.5 Å². The molecule has 37 heavy (non-hydrogen) atoms. The molecule has 0 saturated carbocycles. The molecule has 0 bridgehead atoms. The Morgan fingerprint density at radius 2 is 1.81 bits per heavy atom. The van der Waals surface area contributed by atoms with Gasteiger partial charge < -0.3 is 10.1 Å². The van der Waals surface area contributed by atoms with Crippen molar-refractivity contribution in [2.45, 2.75) is 25.7 Å². The number of benzene rings is 2. The van der Waals surface area contributed by atoms with E-state index >= 15 is 0 Å². The van der Waals surface area contributed by atoms with Crippen LogP contribution < -0.4 is 15.6 Å². The van der Waals surface area contributed by atoms with Gasteiger partial charge >= 0.3 is 0 Å². The number of H-pyrrole nitrogens is 1. The summed E-state index contributed by atoms with van der Waals surface area (Å²) in [5.74, 6) is 1.70. The van der Waals surface area contributed by atoms with Crippen LogP contribution in [-0.4, -0.2) is 31.7 Å². The maximum absolute atomic E-state index is 14.1. The molecule has 184 valence electrons. The number of fused-ring (bicyclic) bond motifs is 1. The number of hydrogen-bond donors (Lipinski definition) is 2. The first-order chi connectivity index (χ1) is 18.2. The molecule has 0 spiro atoms. The van der Waals surface area contributed by atoms with Crippen molar-refractivity contribution in [2.24, 2.45) is 0 Å². The number of rotatable bonds is 6. The number of nitrogens with one attached hydrogen (secondary N) is 2. The number of hydrogen-bond acceptors (Lipinski definition) is 6. The van der Waals surface area contributed by atoms with E-state index in [0.29, 0.717) is 28.6 Å². The molecule has 0 aliphatic heterocycles. The van der Waals surface area contributed by atoms with Crippen molar-refractivity contribution >= 4 is 22.9 Å². The summed E-state index contributed by atoms with van der Waals surface area (Å²) in [6.45, 7) is 0. The van der Waals surface area contributed by atoms with Crippen molar-refractivity contribution in [3.05, 3.63) is 95.2 Å². The summed E-state index contributed by atoms with van der Waals surface area (Å²) in [5, 5.41) is 6.66. The van der Waals surface area contributed by atoms with Gasteiger partial charge in [0.1, 0.15) is 23.7 Å². The molecule has 0 saturated heterocycles. The number of aromatic amines is 1. The van der Waals surface area contributed by atoms with Crippen molar-refractivity contribution in [2.75, 3.05) is 12.4 Å². The fourth-order valence-electron chi connectivity index (χ4n) is 4.85. The van der Waals surface area contributed by atoms with Crippen LogP contribution in [0.5, 0.6) is 5.75 Å². The molecule has 0 amide bonds. The van der Waals surface area contributed by atoms with Gasteiger partial charge in [0, 0.05) is 17.3 Å². The van der Waals surface area contributed by atoms with Crippen molar-refractivity contribution in [1.29, 1.82) is 0 Å². The SMILES string of the molecule is COc1ccc(-c2c(Nc3ccncn3)nc3c(C4=CCCCC4)c(-c4ccccc4)[nH]n3c2=O)cc1. The lowest BCUT2D eigenvalue weighted by Gasteiger charge is -2.15. The van der Waals surface area contributed by atoms with Gasteiger partial charge in [-0.15, -0.1) is 0 Å². The first kappa shape index (κ1) is 22.7. The predicted octanol–water partition coefficient (Wildman–Crippen LogP) is 5.86. The van der Waals surface area contributed by atoms with Crippen LogP contribution in [0.25, 0.3) is 33.6 Å². The van der Waals surface area contributed by atoms with Crippen molar-refractivity contribution in [3.8, 4) is 28.1 Å². The van der Waals surface area contributed by atoms with Crippen LogP contribution in [0.2, 0.25) is 0 Å². The van der Waals surface area contributed by atoms with Crippen LogP contribution in [0.1, 0.15) is 31.2 Å². The Labute approximate surface area is 213 Å². The molecule has 3 aromatic heterocycles. The molecule has 1 aliphatic carbocycles. The number of aromatic nitrogens is 5. The minimum Gasteiger partial charge on any atom is -0.497 e. The Morgan fingerprint density at radius 1 is 0.973 bits per heavy atom. The van der Waals surface area contributed by atoms with E-state index in [1.807, 2.05) is 54.6 Å². The Balaban J connectivity index is 1.65. The zero-order chi connectivity index (χ0) is 25.2. The Morgan fingerprint density at radius 3 is 2.51 bits per heavy atom. The summed E-state index contributed by atoms with van der Waals surface area (Å²) < 4.78 is 6.89. The summed E-state index contributed by atoms with van der Waals surface area (Å²) in [6.07, 6.45) is 9.62. The van der Waals surface area contributed by atoms with E-state index in [-0.39, 0.29) is 5.56 Å². The summed E-state index contributed by atoms with van der Waals surface area (Å²) in [6, 6.07) is 19.2. The van der Waals surface area contributed by atoms with Gasteiger partial charge in [0.25, 0.3) is 5.56 Å². The van der Waals surface area contributed by atoms with Gasteiger partial charge in [-0.2, -0.15) is 4.52 Å². The van der Waals surface area contributed by atoms with E-state index in [2.05, 4.69) is 26.5 Å². The monoisotopic (exact) mass is 490 g/mol. The van der Waals surface area contributed by atoms with E-state index in [4.69, 9.17) is 9.72 Å². The van der Waals surface area contributed by atoms with E-state index in [9.17, 15) is 4.79 Å². The minimum atomic E-state index is -0.202. The van der Waals surface area contributed by atoms with Crippen molar-refractivity contribution < 1.29 is 4.74 Å². The minimum absolute atomic E-state index is 0.202. The van der Waals surface area contributed by atoms with Gasteiger partial charge in [0.05, 0.1) is 18.4 Å². The lowest BCUT2D eigenvalue weighted by atomic mass is 9.92. The molecular formula is C29H26N6O2. The van der Waals surface area contributed by atoms with E-state index < -0.39 is 0 Å². The van der Waals surface area contributed by atoms with Crippen LogP contribution >= 0.6 is 0 Å². The molecule has 3 heterocycles. The fraction of sp³-hybridized carbons (Fsp3) is 0.172. The third-order valence-electron chi connectivity index (χ3n) is 6.66. The summed E-state index contributed by atoms with van der Waals surface area (Å²) in [7, 11) is 1.62. The highest BCUT2D eigenvalue weighted by molar-refractivity contribution is 5.89. The molecular weight excluding hydrogens is 464 g/mol. The van der Waals surface area contributed by atoms with Crippen LogP contribution in [0.4, 0.5) is 11.6 Å². The van der Waals surface area contributed by atoms with Gasteiger partial charge in [0.15, 0.2) is 5.65 Å². The molecule has 2 aromatic carbocycles. The number of ether oxygens (including phenoxy) is 1. The second-order valence-corrected chi connectivity index (χ2v) is 8.95. The van der Waals surface area contributed by atoms with Gasteiger partial charge in [-0.25, -0.2) is 15.0 Å². The highest BCUT2D eigenvalue weighted by atomic mass is 16.5. The maximum atomic E-state index is 14.1. The summed E-state index contributed by atoms with van der Waals surface area (Å²) >= 11 is 0. The van der Waals surface area contributed by atoms with E-state index in [0.717, 1.165) is 41.6 Å². The fourth-order valence-corrected chi connectivity index (χ4v) is 4.85. The van der Waals surface area contributed by atoms with E-state index in [1.165, 1.54) is 18.3 Å². The largest absolute Gasteiger partial charge is 0.497 e. The highest BCUT2D eigenvalue weighted by Gasteiger charge is 2.24. The smallest absolute Gasteiger partial charge is 0.282 e. The molecule has 5 aromatic rings. The number of nitrogens with zero attached hydrogens (tertiary/aromatic N) is 4. The third kappa shape index (κ3) is 4.27. The third-order valence-corrected chi connectivity index (χ3v) is 6.66. The molecule has 8 nitrogen and oxygen atoms in total. The number of anilines is 2. The van der Waals surface area contributed by atoms with Gasteiger partial charge in [-0.3, -0.25) is 9.89 Å². The standard InChI is InChI=1S/C29H26N6O2/c1-37-22-14-12-20(13-15-22)25-27(32-23-16-17-30-18-31-23)33-28-24(19-8-4-2-5-9-19)26(34-35(28)29(25)36)21-10-6-3-7-11-21/h3,6-8,10-18,34H,2,4-5,9H2,1H3,(H,30,31,32). The molecule has 8 heteroatoms. The zero-order valence-electron chi connectivity index (χ0n) is 20.4. The lowest BCUT2D eigenvalue weighted by molar-refractivity contribution is 0.415. The van der Waals surface area contributed by atoms with Crippen LogP contribution in [-0.2, 0) is 0 Å². The molecule has 1 aliphatic rings. The lowest BCUT2D eigenvalue weighted by Crippen LogP contribution is -2.20. The first-order valence-corrected chi connectivity index (χ1v) is 12.3. The molecule has 6 rings (SSSR count). The average Bonchev–Trinajstić information content (AvgIpc) is 3.35. The Hall–Kier alpha value is -4.72. The average molecular weight is 491 g/mol.